The molecule has 0 radical (unpaired) electrons. The largest absolute Gasteiger partial charge is 0.457 e. The van der Waals surface area contributed by atoms with Crippen molar-refractivity contribution in [3.8, 4) is 11.5 Å². The number of aliphatic hydroxyl groups excluding tert-OH is 1. The van der Waals surface area contributed by atoms with Gasteiger partial charge in [-0.1, -0.05) is 17.7 Å². The summed E-state index contributed by atoms with van der Waals surface area (Å²) in [7, 11) is 0. The summed E-state index contributed by atoms with van der Waals surface area (Å²) in [6.45, 7) is 0.876. The molecule has 0 bridgehead atoms. The number of nitrogens with one attached hydrogen (secondary N) is 1. The third-order valence-corrected chi connectivity index (χ3v) is 2.89. The maximum absolute atomic E-state index is 13.3. The Hall–Kier alpha value is -1.62. The normalized spacial score (nSPS) is 10.6. The van der Waals surface area contributed by atoms with Crippen LogP contribution in [0.3, 0.4) is 0 Å². The average Bonchev–Trinajstić information content (AvgIpc) is 2.42. The Morgan fingerprint density at radius 2 is 2.05 bits per heavy atom. The number of halogens is 2. The van der Waals surface area contributed by atoms with Gasteiger partial charge < -0.3 is 15.2 Å². The first kappa shape index (κ1) is 14.8. The first-order valence-corrected chi connectivity index (χ1v) is 6.60. The molecule has 0 aromatic heterocycles. The van der Waals surface area contributed by atoms with Gasteiger partial charge in [0.25, 0.3) is 0 Å². The predicted molar refractivity (Wildman–Crippen MR) is 76.7 cm³/mol. The summed E-state index contributed by atoms with van der Waals surface area (Å²) in [4.78, 5) is 0. The van der Waals surface area contributed by atoms with Gasteiger partial charge >= 0.3 is 0 Å². The zero-order valence-electron chi connectivity index (χ0n) is 10.8. The van der Waals surface area contributed by atoms with Crippen LogP contribution in [0.2, 0.25) is 5.02 Å². The summed E-state index contributed by atoms with van der Waals surface area (Å²) < 4.78 is 19.0. The molecule has 0 amide bonds. The van der Waals surface area contributed by atoms with Crippen molar-refractivity contribution in [3.05, 3.63) is 58.9 Å². The lowest BCUT2D eigenvalue weighted by atomic mass is 10.2. The van der Waals surface area contributed by atoms with Gasteiger partial charge in [-0.3, -0.25) is 0 Å². The van der Waals surface area contributed by atoms with Crippen LogP contribution >= 0.6 is 11.6 Å². The molecule has 0 fully saturated rings. The quantitative estimate of drug-likeness (QED) is 0.803. The van der Waals surface area contributed by atoms with Crippen LogP contribution in [0, 0.1) is 5.82 Å². The zero-order valence-corrected chi connectivity index (χ0v) is 11.5. The average molecular weight is 296 g/mol. The minimum atomic E-state index is -0.329. The predicted octanol–water partition coefficient (Wildman–Crippen LogP) is 3.35. The van der Waals surface area contributed by atoms with Crippen LogP contribution in [-0.2, 0) is 6.54 Å². The second-order valence-electron chi connectivity index (χ2n) is 4.21. The fourth-order valence-corrected chi connectivity index (χ4v) is 1.93. The van der Waals surface area contributed by atoms with Gasteiger partial charge in [-0.2, -0.15) is 0 Å². The van der Waals surface area contributed by atoms with Crippen molar-refractivity contribution in [2.75, 3.05) is 13.2 Å². The highest BCUT2D eigenvalue weighted by Gasteiger charge is 2.07. The molecule has 2 aromatic carbocycles. The molecule has 0 unspecified atom stereocenters. The summed E-state index contributed by atoms with van der Waals surface area (Å²) in [6.07, 6.45) is 0. The summed E-state index contributed by atoms with van der Waals surface area (Å²) in [5, 5.41) is 12.3. The first-order valence-electron chi connectivity index (χ1n) is 6.22. The number of hydrogen-bond donors (Lipinski definition) is 2. The summed E-state index contributed by atoms with van der Waals surface area (Å²) in [5.41, 5.74) is 0.679. The highest BCUT2D eigenvalue weighted by molar-refractivity contribution is 6.30. The lowest BCUT2D eigenvalue weighted by Crippen LogP contribution is -2.17. The van der Waals surface area contributed by atoms with Gasteiger partial charge in [0.1, 0.15) is 17.3 Å². The molecule has 106 valence electrons. The fraction of sp³-hybridized carbons (Fsp3) is 0.200. The van der Waals surface area contributed by atoms with Crippen LogP contribution in [0.15, 0.2) is 42.5 Å². The Morgan fingerprint density at radius 3 is 2.80 bits per heavy atom. The van der Waals surface area contributed by atoms with Crippen molar-refractivity contribution in [2.24, 2.45) is 0 Å². The topological polar surface area (TPSA) is 41.5 Å². The molecule has 0 spiro atoms. The second-order valence-corrected chi connectivity index (χ2v) is 4.65. The summed E-state index contributed by atoms with van der Waals surface area (Å²) in [5.74, 6) is 0.816. The van der Waals surface area contributed by atoms with E-state index in [0.717, 1.165) is 0 Å². The minimum Gasteiger partial charge on any atom is -0.457 e. The van der Waals surface area contributed by atoms with Crippen LogP contribution < -0.4 is 10.1 Å². The lowest BCUT2D eigenvalue weighted by Gasteiger charge is -2.12. The Kier molecular flexibility index (Phi) is 5.35. The van der Waals surface area contributed by atoms with Gasteiger partial charge in [-0.25, -0.2) is 4.39 Å². The molecule has 2 rings (SSSR count). The molecule has 0 atom stereocenters. The van der Waals surface area contributed by atoms with Gasteiger partial charge in [0, 0.05) is 23.7 Å². The highest BCUT2D eigenvalue weighted by atomic mass is 35.5. The molecule has 2 N–H and O–H groups in total. The smallest absolute Gasteiger partial charge is 0.132 e. The van der Waals surface area contributed by atoms with Crippen LogP contribution in [0.4, 0.5) is 4.39 Å². The van der Waals surface area contributed by atoms with E-state index in [1.807, 2.05) is 0 Å². The van der Waals surface area contributed by atoms with E-state index >= 15 is 0 Å². The Morgan fingerprint density at radius 1 is 1.20 bits per heavy atom. The number of hydrogen-bond acceptors (Lipinski definition) is 3. The molecule has 0 saturated heterocycles. The van der Waals surface area contributed by atoms with E-state index in [-0.39, 0.29) is 12.4 Å². The second kappa shape index (κ2) is 7.24. The molecule has 3 nitrogen and oxygen atoms in total. The molecule has 20 heavy (non-hydrogen) atoms. The molecular weight excluding hydrogens is 281 g/mol. The van der Waals surface area contributed by atoms with E-state index in [1.54, 1.807) is 30.3 Å². The van der Waals surface area contributed by atoms with E-state index in [1.165, 1.54) is 12.1 Å². The summed E-state index contributed by atoms with van der Waals surface area (Å²) in [6, 6.07) is 11.3. The standard InChI is InChI=1S/C15H15ClFNO2/c16-12-2-1-3-14(9-12)20-15-5-4-13(17)8-11(15)10-18-6-7-19/h1-5,8-9,18-19H,6-7,10H2. The molecular formula is C15H15ClFNO2. The van der Waals surface area contributed by atoms with E-state index < -0.39 is 0 Å². The van der Waals surface area contributed by atoms with E-state index in [0.29, 0.717) is 35.2 Å². The highest BCUT2D eigenvalue weighted by Crippen LogP contribution is 2.27. The van der Waals surface area contributed by atoms with E-state index in [4.69, 9.17) is 21.4 Å². The van der Waals surface area contributed by atoms with Crippen molar-refractivity contribution >= 4 is 11.6 Å². The number of ether oxygens (including phenoxy) is 1. The Labute approximate surface area is 122 Å². The van der Waals surface area contributed by atoms with Gasteiger partial charge in [-0.15, -0.1) is 0 Å². The van der Waals surface area contributed by atoms with Crippen molar-refractivity contribution in [3.63, 3.8) is 0 Å². The monoisotopic (exact) mass is 295 g/mol. The van der Waals surface area contributed by atoms with Crippen LogP contribution in [0.1, 0.15) is 5.56 Å². The summed E-state index contributed by atoms with van der Waals surface area (Å²) >= 11 is 5.90. The number of benzene rings is 2. The van der Waals surface area contributed by atoms with Crippen LogP contribution in [0.25, 0.3) is 0 Å². The SMILES string of the molecule is OCCNCc1cc(F)ccc1Oc1cccc(Cl)c1. The van der Waals surface area contributed by atoms with Gasteiger partial charge in [0.05, 0.1) is 6.61 Å². The number of aliphatic hydroxyl groups is 1. The molecule has 0 aliphatic carbocycles. The van der Waals surface area contributed by atoms with Gasteiger partial charge in [0.2, 0.25) is 0 Å². The Balaban J connectivity index is 2.17. The van der Waals surface area contributed by atoms with Crippen molar-refractivity contribution in [1.29, 1.82) is 0 Å². The lowest BCUT2D eigenvalue weighted by molar-refractivity contribution is 0.291. The minimum absolute atomic E-state index is 0.0276. The third-order valence-electron chi connectivity index (χ3n) is 2.65. The third kappa shape index (κ3) is 4.20. The number of rotatable bonds is 6. The fourth-order valence-electron chi connectivity index (χ4n) is 1.75. The molecule has 0 aliphatic rings. The van der Waals surface area contributed by atoms with Crippen LogP contribution in [-0.4, -0.2) is 18.3 Å². The Bertz CT molecular complexity index is 578. The first-order chi connectivity index (χ1) is 9.69. The molecule has 0 heterocycles. The van der Waals surface area contributed by atoms with Gasteiger partial charge in [-0.05, 0) is 36.4 Å². The van der Waals surface area contributed by atoms with E-state index in [2.05, 4.69) is 5.32 Å². The van der Waals surface area contributed by atoms with Crippen molar-refractivity contribution in [2.45, 2.75) is 6.54 Å². The van der Waals surface area contributed by atoms with Crippen molar-refractivity contribution in [1.82, 2.24) is 5.32 Å². The van der Waals surface area contributed by atoms with Crippen molar-refractivity contribution < 1.29 is 14.2 Å². The molecule has 0 aliphatic heterocycles. The zero-order chi connectivity index (χ0) is 14.4. The molecule has 2 aromatic rings. The molecule has 5 heteroatoms. The van der Waals surface area contributed by atoms with Gasteiger partial charge in [0.15, 0.2) is 0 Å². The maximum Gasteiger partial charge on any atom is 0.132 e. The van der Waals surface area contributed by atoms with Crippen LogP contribution in [0.5, 0.6) is 11.5 Å². The molecule has 0 saturated carbocycles. The maximum atomic E-state index is 13.3. The van der Waals surface area contributed by atoms with E-state index in [9.17, 15) is 4.39 Å².